The van der Waals surface area contributed by atoms with Gasteiger partial charge in [-0.2, -0.15) is 0 Å². The van der Waals surface area contributed by atoms with Crippen LogP contribution >= 0.6 is 0 Å². The van der Waals surface area contributed by atoms with Crippen molar-refractivity contribution in [2.75, 3.05) is 7.11 Å². The zero-order chi connectivity index (χ0) is 19.4. The molecule has 2 aromatic rings. The van der Waals surface area contributed by atoms with Gasteiger partial charge in [0.05, 0.1) is 7.11 Å². The Morgan fingerprint density at radius 2 is 1.70 bits per heavy atom. The van der Waals surface area contributed by atoms with Gasteiger partial charge >= 0.3 is 0 Å². The lowest BCUT2D eigenvalue weighted by Crippen LogP contribution is -2.15. The first-order valence-corrected chi connectivity index (χ1v) is 9.87. The van der Waals surface area contributed by atoms with Gasteiger partial charge in [-0.25, -0.2) is 13.2 Å². The average molecular weight is 376 g/mol. The van der Waals surface area contributed by atoms with Crippen LogP contribution in [-0.2, 0) is 0 Å². The number of hydrogen-bond donors (Lipinski definition) is 0. The third kappa shape index (κ3) is 4.31. The maximum Gasteiger partial charge on any atom is 0.166 e. The summed E-state index contributed by atoms with van der Waals surface area (Å²) in [5, 5.41) is 0. The molecule has 0 spiro atoms. The molecule has 0 bridgehead atoms. The van der Waals surface area contributed by atoms with E-state index in [-0.39, 0.29) is 17.2 Å². The maximum atomic E-state index is 14.8. The number of hydrogen-bond acceptors (Lipinski definition) is 1. The van der Waals surface area contributed by atoms with Gasteiger partial charge in [-0.15, -0.1) is 0 Å². The minimum Gasteiger partial charge on any atom is -0.494 e. The number of rotatable bonds is 6. The van der Waals surface area contributed by atoms with Gasteiger partial charge in [0.15, 0.2) is 23.2 Å². The normalized spacial score (nSPS) is 19.9. The van der Waals surface area contributed by atoms with Crippen molar-refractivity contribution in [2.45, 2.75) is 57.8 Å². The highest BCUT2D eigenvalue weighted by Gasteiger charge is 2.26. The van der Waals surface area contributed by atoms with E-state index in [9.17, 15) is 13.2 Å². The van der Waals surface area contributed by atoms with Crippen LogP contribution in [0.3, 0.4) is 0 Å². The molecule has 3 rings (SSSR count). The van der Waals surface area contributed by atoms with E-state index in [4.69, 9.17) is 4.74 Å². The molecule has 0 saturated heterocycles. The highest BCUT2D eigenvalue weighted by atomic mass is 19.2. The minimum atomic E-state index is -0.898. The second-order valence-electron chi connectivity index (χ2n) is 7.54. The third-order valence-corrected chi connectivity index (χ3v) is 5.83. The fourth-order valence-electron chi connectivity index (χ4n) is 4.19. The van der Waals surface area contributed by atoms with E-state index in [0.29, 0.717) is 11.1 Å². The van der Waals surface area contributed by atoms with E-state index >= 15 is 0 Å². The van der Waals surface area contributed by atoms with Crippen molar-refractivity contribution in [3.63, 3.8) is 0 Å². The van der Waals surface area contributed by atoms with Gasteiger partial charge in [0, 0.05) is 5.56 Å². The average Bonchev–Trinajstić information content (AvgIpc) is 2.69. The number of benzene rings is 2. The first-order valence-electron chi connectivity index (χ1n) is 9.87. The Morgan fingerprint density at radius 1 is 0.963 bits per heavy atom. The van der Waals surface area contributed by atoms with E-state index in [1.54, 1.807) is 18.2 Å². The SMILES string of the molecule is CCCCC1CCC(c2ccc(-c3ccc(OC)c(F)c3)c(F)c2F)CC1. The quantitative estimate of drug-likeness (QED) is 0.516. The zero-order valence-electron chi connectivity index (χ0n) is 16.0. The van der Waals surface area contributed by atoms with Crippen molar-refractivity contribution in [2.24, 2.45) is 5.92 Å². The van der Waals surface area contributed by atoms with Crippen LogP contribution in [0.15, 0.2) is 30.3 Å². The molecule has 1 saturated carbocycles. The zero-order valence-corrected chi connectivity index (χ0v) is 16.0. The van der Waals surface area contributed by atoms with Crippen LogP contribution in [-0.4, -0.2) is 7.11 Å². The molecule has 0 radical (unpaired) electrons. The first kappa shape index (κ1) is 19.8. The number of ether oxygens (including phenoxy) is 1. The lowest BCUT2D eigenvalue weighted by molar-refractivity contribution is 0.299. The predicted octanol–water partition coefficient (Wildman–Crippen LogP) is 7.24. The molecule has 0 N–H and O–H groups in total. The van der Waals surface area contributed by atoms with Gasteiger partial charge in [0.2, 0.25) is 0 Å². The maximum absolute atomic E-state index is 14.8. The van der Waals surface area contributed by atoms with Crippen LogP contribution in [0.5, 0.6) is 5.75 Å². The fraction of sp³-hybridized carbons (Fsp3) is 0.478. The summed E-state index contributed by atoms with van der Waals surface area (Å²) in [5.41, 5.74) is 0.841. The second-order valence-corrected chi connectivity index (χ2v) is 7.54. The lowest BCUT2D eigenvalue weighted by Gasteiger charge is -2.29. The number of methoxy groups -OCH3 is 1. The minimum absolute atomic E-state index is 0.0685. The Bertz CT molecular complexity index is 779. The van der Waals surface area contributed by atoms with Gasteiger partial charge in [0.25, 0.3) is 0 Å². The van der Waals surface area contributed by atoms with Crippen molar-refractivity contribution < 1.29 is 17.9 Å². The van der Waals surface area contributed by atoms with E-state index in [1.807, 2.05) is 0 Å². The lowest BCUT2D eigenvalue weighted by atomic mass is 9.76. The molecule has 0 heterocycles. The monoisotopic (exact) mass is 376 g/mol. The molecule has 0 unspecified atom stereocenters. The molecule has 0 atom stereocenters. The van der Waals surface area contributed by atoms with Crippen LogP contribution in [0.25, 0.3) is 11.1 Å². The summed E-state index contributed by atoms with van der Waals surface area (Å²) in [6.45, 7) is 2.19. The third-order valence-electron chi connectivity index (χ3n) is 5.83. The van der Waals surface area contributed by atoms with E-state index < -0.39 is 17.5 Å². The molecule has 1 aliphatic rings. The van der Waals surface area contributed by atoms with Crippen molar-refractivity contribution in [1.29, 1.82) is 0 Å². The molecule has 0 aliphatic heterocycles. The molecule has 1 nitrogen and oxygen atoms in total. The summed E-state index contributed by atoms with van der Waals surface area (Å²) < 4.78 is 48.3. The van der Waals surface area contributed by atoms with Crippen molar-refractivity contribution in [3.8, 4) is 16.9 Å². The molecule has 27 heavy (non-hydrogen) atoms. The standard InChI is InChI=1S/C23H27F3O/c1-3-4-5-15-6-8-16(9-7-15)18-11-12-19(23(26)22(18)25)17-10-13-21(27-2)20(24)14-17/h10-16H,3-9H2,1-2H3. The summed E-state index contributed by atoms with van der Waals surface area (Å²) in [6.07, 6.45) is 7.65. The number of unbranched alkanes of at least 4 members (excludes halogenated alkanes) is 1. The molecular formula is C23H27F3O. The Labute approximate surface area is 159 Å². The Hall–Kier alpha value is -1.97. The molecule has 146 valence electrons. The topological polar surface area (TPSA) is 9.23 Å². The summed E-state index contributed by atoms with van der Waals surface area (Å²) >= 11 is 0. The molecule has 0 amide bonds. The molecule has 0 aromatic heterocycles. The molecule has 1 aliphatic carbocycles. The van der Waals surface area contributed by atoms with E-state index in [1.165, 1.54) is 38.5 Å². The van der Waals surface area contributed by atoms with Crippen LogP contribution in [0.1, 0.15) is 63.4 Å². The summed E-state index contributed by atoms with van der Waals surface area (Å²) in [5.74, 6) is -1.42. The van der Waals surface area contributed by atoms with Crippen molar-refractivity contribution >= 4 is 0 Å². The van der Waals surface area contributed by atoms with Crippen LogP contribution in [0.2, 0.25) is 0 Å². The van der Waals surface area contributed by atoms with Gasteiger partial charge in [-0.3, -0.25) is 0 Å². The Morgan fingerprint density at radius 3 is 2.33 bits per heavy atom. The number of halogens is 3. The predicted molar refractivity (Wildman–Crippen MR) is 103 cm³/mol. The van der Waals surface area contributed by atoms with Crippen molar-refractivity contribution in [1.82, 2.24) is 0 Å². The summed E-state index contributed by atoms with van der Waals surface area (Å²) in [6, 6.07) is 7.38. The second kappa shape index (κ2) is 8.81. The molecule has 1 fully saturated rings. The molecule has 2 aromatic carbocycles. The van der Waals surface area contributed by atoms with Crippen LogP contribution < -0.4 is 4.74 Å². The highest BCUT2D eigenvalue weighted by Crippen LogP contribution is 2.40. The Balaban J connectivity index is 1.79. The fourth-order valence-corrected chi connectivity index (χ4v) is 4.19. The summed E-state index contributed by atoms with van der Waals surface area (Å²) in [7, 11) is 1.37. The molecule has 4 heteroatoms. The van der Waals surface area contributed by atoms with Crippen LogP contribution in [0.4, 0.5) is 13.2 Å². The molecular weight excluding hydrogens is 349 g/mol. The van der Waals surface area contributed by atoms with Gasteiger partial charge in [-0.1, -0.05) is 44.4 Å². The van der Waals surface area contributed by atoms with E-state index in [0.717, 1.165) is 31.6 Å². The highest BCUT2D eigenvalue weighted by molar-refractivity contribution is 5.66. The largest absolute Gasteiger partial charge is 0.494 e. The first-order chi connectivity index (χ1) is 13.0. The smallest absolute Gasteiger partial charge is 0.166 e. The van der Waals surface area contributed by atoms with Gasteiger partial charge in [-0.05, 0) is 60.8 Å². The van der Waals surface area contributed by atoms with Crippen molar-refractivity contribution in [3.05, 3.63) is 53.3 Å². The summed E-state index contributed by atoms with van der Waals surface area (Å²) in [4.78, 5) is 0. The van der Waals surface area contributed by atoms with Gasteiger partial charge in [0.1, 0.15) is 0 Å². The Kier molecular flexibility index (Phi) is 6.46. The van der Waals surface area contributed by atoms with E-state index in [2.05, 4.69) is 6.92 Å². The van der Waals surface area contributed by atoms with Crippen LogP contribution in [0, 0.1) is 23.4 Å². The van der Waals surface area contributed by atoms with Gasteiger partial charge < -0.3 is 4.74 Å².